The smallest absolute Gasteiger partial charge is 0.326 e. The van der Waals surface area contributed by atoms with Crippen LogP contribution < -0.4 is 27.0 Å². The number of aliphatic hydroxyl groups is 2. The maximum Gasteiger partial charge on any atom is 0.326 e. The quantitative estimate of drug-likeness (QED) is 0.0617. The van der Waals surface area contributed by atoms with Crippen molar-refractivity contribution in [2.24, 2.45) is 5.73 Å². The van der Waals surface area contributed by atoms with Gasteiger partial charge in [-0.15, -0.1) is 0 Å². The molecule has 8 atom stereocenters. The van der Waals surface area contributed by atoms with Crippen LogP contribution in [0.15, 0.2) is 79.0 Å². The molecule has 18 heteroatoms. The number of amides is 5. The second-order valence-electron chi connectivity index (χ2n) is 15.0. The van der Waals surface area contributed by atoms with Crippen molar-refractivity contribution in [3.05, 3.63) is 95.7 Å². The highest BCUT2D eigenvalue weighted by atomic mass is 16.4. The van der Waals surface area contributed by atoms with Gasteiger partial charge in [-0.05, 0) is 80.1 Å². The molecule has 0 bridgehead atoms. The van der Waals surface area contributed by atoms with Gasteiger partial charge in [-0.25, -0.2) is 4.79 Å². The van der Waals surface area contributed by atoms with Gasteiger partial charge in [0.05, 0.1) is 18.2 Å². The van der Waals surface area contributed by atoms with Gasteiger partial charge in [0.15, 0.2) is 0 Å². The normalized spacial score (nSPS) is 17.4. The number of H-pyrrole nitrogens is 1. The van der Waals surface area contributed by atoms with Gasteiger partial charge in [-0.1, -0.05) is 42.5 Å². The number of carboxylic acid groups (broad SMARTS) is 1. The SMILES string of the molecule is C[C@@H](O)[C@H](NC(=O)[C@@H](N)Cc1ccc(O)cc1)C(=O)N[C@@H](Cc1c[nH]c2ccccc12)C(=O)N[C@@H](Cc1ccc(O)cc1)C(=O)N[C@H](C(=O)N1CCC[C@H]1C(=O)O)[C@@H](C)O. The molecular weight excluding hydrogens is 778 g/mol. The molecule has 1 aliphatic rings. The van der Waals surface area contributed by atoms with E-state index in [1.807, 2.05) is 6.07 Å². The number of carbonyl (C=O) groups is 6. The molecule has 2 heterocycles. The number of rotatable bonds is 18. The van der Waals surface area contributed by atoms with Crippen LogP contribution >= 0.6 is 0 Å². The maximum atomic E-state index is 14.4. The van der Waals surface area contributed by atoms with E-state index in [1.165, 1.54) is 50.2 Å². The fourth-order valence-corrected chi connectivity index (χ4v) is 7.09. The topological polar surface area (TPSA) is 297 Å². The predicted octanol–water partition coefficient (Wildman–Crippen LogP) is -0.289. The summed E-state index contributed by atoms with van der Waals surface area (Å²) in [6.07, 6.45) is -1.00. The highest BCUT2D eigenvalue weighted by Crippen LogP contribution is 2.22. The van der Waals surface area contributed by atoms with Gasteiger partial charge in [0.25, 0.3) is 0 Å². The van der Waals surface area contributed by atoms with Crippen molar-refractivity contribution >= 4 is 46.4 Å². The molecule has 0 radical (unpaired) electrons. The molecule has 12 N–H and O–H groups in total. The lowest BCUT2D eigenvalue weighted by Gasteiger charge is -2.30. The molecule has 1 saturated heterocycles. The Kier molecular flexibility index (Phi) is 14.8. The number of nitrogens with one attached hydrogen (secondary N) is 5. The fraction of sp³-hybridized carbons (Fsp3) is 0.381. The summed E-state index contributed by atoms with van der Waals surface area (Å²) in [7, 11) is 0. The fourth-order valence-electron chi connectivity index (χ4n) is 7.09. The number of carboxylic acids is 1. The van der Waals surface area contributed by atoms with E-state index in [4.69, 9.17) is 5.73 Å². The Morgan fingerprint density at radius 1 is 0.717 bits per heavy atom. The van der Waals surface area contributed by atoms with E-state index in [9.17, 15) is 54.3 Å². The van der Waals surface area contributed by atoms with Gasteiger partial charge in [0.2, 0.25) is 29.5 Å². The van der Waals surface area contributed by atoms with Gasteiger partial charge in [0, 0.05) is 36.5 Å². The summed E-state index contributed by atoms with van der Waals surface area (Å²) in [4.78, 5) is 85.3. The summed E-state index contributed by atoms with van der Waals surface area (Å²) < 4.78 is 0. The molecule has 18 nitrogen and oxygen atoms in total. The van der Waals surface area contributed by atoms with Crippen molar-refractivity contribution in [1.29, 1.82) is 0 Å². The number of aromatic hydroxyl groups is 2. The summed E-state index contributed by atoms with van der Waals surface area (Å²) in [5.41, 5.74) is 8.56. The van der Waals surface area contributed by atoms with Crippen LogP contribution in [0.3, 0.4) is 0 Å². The molecule has 5 amide bonds. The highest BCUT2D eigenvalue weighted by Gasteiger charge is 2.40. The number of nitrogens with zero attached hydrogens (tertiary/aromatic N) is 1. The number of aliphatic carboxylic acids is 1. The van der Waals surface area contributed by atoms with Gasteiger partial charge >= 0.3 is 5.97 Å². The van der Waals surface area contributed by atoms with E-state index >= 15 is 0 Å². The van der Waals surface area contributed by atoms with E-state index in [2.05, 4.69) is 26.3 Å². The number of aromatic amines is 1. The lowest BCUT2D eigenvalue weighted by atomic mass is 10.0. The van der Waals surface area contributed by atoms with E-state index < -0.39 is 84.0 Å². The summed E-state index contributed by atoms with van der Waals surface area (Å²) in [6, 6.07) is 10.6. The number of benzene rings is 3. The first-order valence-electron chi connectivity index (χ1n) is 19.5. The molecule has 1 aromatic heterocycles. The van der Waals surface area contributed by atoms with E-state index in [-0.39, 0.29) is 43.7 Å². The summed E-state index contributed by atoms with van der Waals surface area (Å²) in [5.74, 6) is -5.62. The Morgan fingerprint density at radius 2 is 1.25 bits per heavy atom. The Labute approximate surface area is 345 Å². The standard InChI is InChI=1S/C42H51N7O11/c1-22(50)35(47-37(54)30(43)18-24-9-13-27(52)14-10-24)40(57)46-33(20-26-21-44-31-7-4-3-6-29(26)31)38(55)45-32(19-25-11-15-28(53)16-12-25)39(56)48-36(23(2)51)41(58)49-17-5-8-34(49)42(59)60/h3-4,6-7,9-16,21-23,30,32-36,44,50-53H,5,8,17-20,43H2,1-2H3,(H,45,55)(H,46,57)(H,47,54)(H,48,56)(H,59,60)/t22-,23-,30+,32+,33+,34+,35+,36+/m1/s1. The third kappa shape index (κ3) is 11.4. The minimum absolute atomic E-state index is 0.0217. The monoisotopic (exact) mass is 829 g/mol. The third-order valence-electron chi connectivity index (χ3n) is 10.4. The predicted molar refractivity (Wildman–Crippen MR) is 217 cm³/mol. The largest absolute Gasteiger partial charge is 0.508 e. The molecular formula is C42H51N7O11. The van der Waals surface area contributed by atoms with Crippen LogP contribution in [0.1, 0.15) is 43.4 Å². The molecule has 3 aromatic carbocycles. The average Bonchev–Trinajstić information content (AvgIpc) is 3.87. The zero-order chi connectivity index (χ0) is 43.7. The second-order valence-corrected chi connectivity index (χ2v) is 15.0. The van der Waals surface area contributed by atoms with Crippen molar-refractivity contribution in [2.45, 2.75) is 94.4 Å². The summed E-state index contributed by atoms with van der Waals surface area (Å²) >= 11 is 0. The first-order valence-corrected chi connectivity index (χ1v) is 19.5. The van der Waals surface area contributed by atoms with Gasteiger partial charge in [0.1, 0.15) is 41.7 Å². The first kappa shape index (κ1) is 44.6. The molecule has 0 unspecified atom stereocenters. The van der Waals surface area contributed by atoms with Crippen LogP contribution in [0.5, 0.6) is 11.5 Å². The van der Waals surface area contributed by atoms with Crippen LogP contribution in [0.25, 0.3) is 10.9 Å². The molecule has 1 fully saturated rings. The minimum Gasteiger partial charge on any atom is -0.508 e. The molecule has 5 rings (SSSR count). The number of nitrogens with two attached hydrogens (primary N) is 1. The van der Waals surface area contributed by atoms with Crippen molar-refractivity contribution < 1.29 is 54.3 Å². The summed E-state index contributed by atoms with van der Waals surface area (Å²) in [5, 5.41) is 61.4. The van der Waals surface area contributed by atoms with E-state index in [0.717, 1.165) is 15.8 Å². The number of likely N-dealkylation sites (tertiary alicyclic amines) is 1. The number of para-hydroxylation sites is 1. The number of fused-ring (bicyclic) bond motifs is 1. The number of phenolic OH excluding ortho intramolecular Hbond substituents is 2. The molecule has 0 saturated carbocycles. The number of aliphatic hydroxyl groups excluding tert-OH is 2. The van der Waals surface area contributed by atoms with Crippen LogP contribution in [-0.2, 0) is 48.0 Å². The molecule has 0 aliphatic carbocycles. The number of carbonyl (C=O) groups excluding carboxylic acids is 5. The lowest BCUT2D eigenvalue weighted by Crippen LogP contribution is -2.62. The Morgan fingerprint density at radius 3 is 1.85 bits per heavy atom. The van der Waals surface area contributed by atoms with Crippen LogP contribution in [0, 0.1) is 0 Å². The maximum absolute atomic E-state index is 14.4. The Bertz CT molecular complexity index is 2160. The molecule has 4 aromatic rings. The zero-order valence-electron chi connectivity index (χ0n) is 33.1. The van der Waals surface area contributed by atoms with Crippen LogP contribution in [-0.4, -0.2) is 126 Å². The number of phenols is 2. The molecule has 0 spiro atoms. The first-order chi connectivity index (χ1) is 28.5. The van der Waals surface area contributed by atoms with Crippen LogP contribution in [0.4, 0.5) is 0 Å². The van der Waals surface area contributed by atoms with Crippen molar-refractivity contribution in [2.75, 3.05) is 6.54 Å². The van der Waals surface area contributed by atoms with Gasteiger partial charge in [-0.2, -0.15) is 0 Å². The van der Waals surface area contributed by atoms with E-state index in [0.29, 0.717) is 23.1 Å². The number of hydrogen-bond donors (Lipinski definition) is 11. The van der Waals surface area contributed by atoms with E-state index in [1.54, 1.807) is 36.5 Å². The highest BCUT2D eigenvalue weighted by molar-refractivity contribution is 5.97. The average molecular weight is 830 g/mol. The lowest BCUT2D eigenvalue weighted by molar-refractivity contribution is -0.150. The summed E-state index contributed by atoms with van der Waals surface area (Å²) in [6.45, 7) is 2.62. The minimum atomic E-state index is -1.59. The molecule has 60 heavy (non-hydrogen) atoms. The van der Waals surface area contributed by atoms with Crippen molar-refractivity contribution in [1.82, 2.24) is 31.2 Å². The van der Waals surface area contributed by atoms with Crippen molar-refractivity contribution in [3.63, 3.8) is 0 Å². The van der Waals surface area contributed by atoms with Crippen molar-refractivity contribution in [3.8, 4) is 11.5 Å². The zero-order valence-corrected chi connectivity index (χ0v) is 33.1. The van der Waals surface area contributed by atoms with Gasteiger partial charge in [-0.3, -0.25) is 24.0 Å². The Hall–Kier alpha value is -6.50. The molecule has 320 valence electrons. The number of aromatic nitrogens is 1. The third-order valence-corrected chi connectivity index (χ3v) is 10.4. The second kappa shape index (κ2) is 20.0. The van der Waals surface area contributed by atoms with Crippen LogP contribution in [0.2, 0.25) is 0 Å². The van der Waals surface area contributed by atoms with Gasteiger partial charge < -0.3 is 62.4 Å². The number of hydrogen-bond acceptors (Lipinski definition) is 11. The Balaban J connectivity index is 1.41. The molecule has 1 aliphatic heterocycles.